The largest absolute Gasteiger partial charge is 0.493 e. The topological polar surface area (TPSA) is 89.0 Å². The third-order valence-corrected chi connectivity index (χ3v) is 5.42. The van der Waals surface area contributed by atoms with Crippen LogP contribution in [0.5, 0.6) is 11.5 Å². The number of rotatable bonds is 7. The molecule has 0 fully saturated rings. The summed E-state index contributed by atoms with van der Waals surface area (Å²) in [6, 6.07) is 18.7. The highest BCUT2D eigenvalue weighted by Gasteiger charge is 2.14. The van der Waals surface area contributed by atoms with Gasteiger partial charge in [0.05, 0.1) is 17.8 Å². The summed E-state index contributed by atoms with van der Waals surface area (Å²) in [4.78, 5) is 24.2. The Labute approximate surface area is 200 Å². The maximum atomic E-state index is 12.1. The third-order valence-electron chi connectivity index (χ3n) is 4.83. The molecule has 3 aromatic carbocycles. The lowest BCUT2D eigenvalue weighted by Gasteiger charge is -2.13. The van der Waals surface area contributed by atoms with Crippen molar-refractivity contribution >= 4 is 39.6 Å². The molecule has 2 N–H and O–H groups in total. The first-order valence-electron chi connectivity index (χ1n) is 10.1. The Morgan fingerprint density at radius 1 is 1.00 bits per heavy atom. The van der Waals surface area contributed by atoms with Crippen molar-refractivity contribution in [1.82, 2.24) is 5.43 Å². The number of carbonyl (C=O) groups excluding carboxylic acids is 2. The number of ether oxygens (including phenoxy) is 2. The zero-order chi connectivity index (χ0) is 23.8. The Bertz CT molecular complexity index is 1180. The predicted molar refractivity (Wildman–Crippen MR) is 132 cm³/mol. The van der Waals surface area contributed by atoms with E-state index in [2.05, 4.69) is 31.8 Å². The van der Waals surface area contributed by atoms with Gasteiger partial charge in [0.1, 0.15) is 6.61 Å². The summed E-state index contributed by atoms with van der Waals surface area (Å²) >= 11 is 3.49. The van der Waals surface area contributed by atoms with Crippen LogP contribution >= 0.6 is 15.9 Å². The van der Waals surface area contributed by atoms with Crippen molar-refractivity contribution in [2.45, 2.75) is 20.5 Å². The second-order valence-corrected chi connectivity index (χ2v) is 8.12. The van der Waals surface area contributed by atoms with E-state index in [-0.39, 0.29) is 0 Å². The van der Waals surface area contributed by atoms with E-state index in [0.29, 0.717) is 33.8 Å². The fraction of sp³-hybridized carbons (Fsp3) is 0.160. The minimum Gasteiger partial charge on any atom is -0.493 e. The van der Waals surface area contributed by atoms with Gasteiger partial charge in [-0.05, 0) is 76.3 Å². The van der Waals surface area contributed by atoms with E-state index in [1.807, 2.05) is 50.2 Å². The third kappa shape index (κ3) is 6.66. The number of hydrazone groups is 1. The van der Waals surface area contributed by atoms with Gasteiger partial charge < -0.3 is 14.8 Å². The molecule has 0 saturated carbocycles. The number of anilines is 1. The molecule has 7 nitrogen and oxygen atoms in total. The summed E-state index contributed by atoms with van der Waals surface area (Å²) in [6.45, 7) is 4.28. The predicted octanol–water partition coefficient (Wildman–Crippen LogP) is 4.74. The van der Waals surface area contributed by atoms with Gasteiger partial charge in [-0.2, -0.15) is 5.10 Å². The molecule has 8 heteroatoms. The van der Waals surface area contributed by atoms with Gasteiger partial charge in [-0.3, -0.25) is 9.59 Å². The minimum atomic E-state index is -0.877. The van der Waals surface area contributed by atoms with E-state index in [9.17, 15) is 9.59 Å². The molecule has 2 amide bonds. The van der Waals surface area contributed by atoms with Crippen molar-refractivity contribution in [3.05, 3.63) is 87.4 Å². The highest BCUT2D eigenvalue weighted by Crippen LogP contribution is 2.36. The van der Waals surface area contributed by atoms with Crippen LogP contribution in [0.25, 0.3) is 0 Å². The number of hydrogen-bond donors (Lipinski definition) is 2. The number of halogens is 1. The highest BCUT2D eigenvalue weighted by molar-refractivity contribution is 9.10. The molecule has 0 aliphatic rings. The summed E-state index contributed by atoms with van der Waals surface area (Å²) < 4.78 is 12.0. The van der Waals surface area contributed by atoms with E-state index in [0.717, 1.165) is 16.7 Å². The van der Waals surface area contributed by atoms with Crippen molar-refractivity contribution in [2.75, 3.05) is 12.4 Å². The SMILES string of the molecule is COc1cc(/C=N/NC(=O)C(=O)Nc2ccc(C)c(C)c2)cc(Br)c1OCc1ccccc1. The average molecular weight is 510 g/mol. The van der Waals surface area contributed by atoms with E-state index in [4.69, 9.17) is 9.47 Å². The van der Waals surface area contributed by atoms with Gasteiger partial charge in [-0.1, -0.05) is 36.4 Å². The van der Waals surface area contributed by atoms with Crippen LogP contribution in [-0.2, 0) is 16.2 Å². The highest BCUT2D eigenvalue weighted by atomic mass is 79.9. The number of hydrogen-bond acceptors (Lipinski definition) is 5. The molecule has 0 saturated heterocycles. The first-order valence-corrected chi connectivity index (χ1v) is 10.9. The molecule has 0 bridgehead atoms. The maximum absolute atomic E-state index is 12.1. The molecule has 170 valence electrons. The van der Waals surface area contributed by atoms with E-state index >= 15 is 0 Å². The van der Waals surface area contributed by atoms with Crippen LogP contribution in [-0.4, -0.2) is 25.1 Å². The summed E-state index contributed by atoms with van der Waals surface area (Å²) in [5, 5.41) is 6.42. The lowest BCUT2D eigenvalue weighted by Crippen LogP contribution is -2.32. The Morgan fingerprint density at radius 3 is 2.45 bits per heavy atom. The molecule has 33 heavy (non-hydrogen) atoms. The monoisotopic (exact) mass is 509 g/mol. The number of aryl methyl sites for hydroxylation is 2. The second kappa shape index (κ2) is 11.3. The van der Waals surface area contributed by atoms with Crippen LogP contribution in [0.1, 0.15) is 22.3 Å². The van der Waals surface area contributed by atoms with Crippen molar-refractivity contribution in [2.24, 2.45) is 5.10 Å². The Morgan fingerprint density at radius 2 is 1.76 bits per heavy atom. The van der Waals surface area contributed by atoms with E-state index in [1.54, 1.807) is 24.3 Å². The maximum Gasteiger partial charge on any atom is 0.329 e. The van der Waals surface area contributed by atoms with Gasteiger partial charge >= 0.3 is 11.8 Å². The zero-order valence-electron chi connectivity index (χ0n) is 18.5. The first kappa shape index (κ1) is 24.0. The minimum absolute atomic E-state index is 0.384. The smallest absolute Gasteiger partial charge is 0.329 e. The van der Waals surface area contributed by atoms with Crippen LogP contribution in [0.15, 0.2) is 70.2 Å². The molecule has 0 spiro atoms. The fourth-order valence-corrected chi connectivity index (χ4v) is 3.48. The number of carbonyl (C=O) groups is 2. The summed E-state index contributed by atoms with van der Waals surface area (Å²) in [5.41, 5.74) is 6.55. The van der Waals surface area contributed by atoms with Crippen molar-refractivity contribution in [3.8, 4) is 11.5 Å². The molecular weight excluding hydrogens is 486 g/mol. The van der Waals surface area contributed by atoms with Crippen molar-refractivity contribution in [3.63, 3.8) is 0 Å². The number of methoxy groups -OCH3 is 1. The lowest BCUT2D eigenvalue weighted by molar-refractivity contribution is -0.136. The van der Waals surface area contributed by atoms with Gasteiger partial charge in [0, 0.05) is 5.69 Å². The van der Waals surface area contributed by atoms with Crippen LogP contribution in [0.2, 0.25) is 0 Å². The van der Waals surface area contributed by atoms with E-state index < -0.39 is 11.8 Å². The van der Waals surface area contributed by atoms with Gasteiger partial charge in [0.2, 0.25) is 0 Å². The standard InChI is InChI=1S/C25H24BrN3O4/c1-16-9-10-20(11-17(16)2)28-24(30)25(31)29-27-14-19-12-21(26)23(22(13-19)32-3)33-15-18-7-5-4-6-8-18/h4-14H,15H2,1-3H3,(H,28,30)(H,29,31)/b27-14+. The van der Waals surface area contributed by atoms with Gasteiger partial charge in [0.25, 0.3) is 0 Å². The van der Waals surface area contributed by atoms with Crippen LogP contribution in [0.4, 0.5) is 5.69 Å². The summed E-state index contributed by atoms with van der Waals surface area (Å²) in [6.07, 6.45) is 1.41. The average Bonchev–Trinajstić information content (AvgIpc) is 2.81. The molecule has 0 unspecified atom stereocenters. The lowest BCUT2D eigenvalue weighted by atomic mass is 10.1. The van der Waals surface area contributed by atoms with Gasteiger partial charge in [-0.25, -0.2) is 5.43 Å². The normalized spacial score (nSPS) is 10.7. The van der Waals surface area contributed by atoms with Gasteiger partial charge in [0.15, 0.2) is 11.5 Å². The quantitative estimate of drug-likeness (QED) is 0.273. The molecule has 0 heterocycles. The molecular formula is C25H24BrN3O4. The van der Waals surface area contributed by atoms with E-state index in [1.165, 1.54) is 13.3 Å². The number of benzene rings is 3. The number of amides is 2. The molecule has 3 aromatic rings. The Balaban J connectivity index is 1.61. The molecule has 0 aliphatic carbocycles. The van der Waals surface area contributed by atoms with Crippen LogP contribution in [0, 0.1) is 13.8 Å². The molecule has 0 aliphatic heterocycles. The molecule has 0 radical (unpaired) electrons. The zero-order valence-corrected chi connectivity index (χ0v) is 20.1. The van der Waals surface area contributed by atoms with Crippen molar-refractivity contribution in [1.29, 1.82) is 0 Å². The van der Waals surface area contributed by atoms with Crippen LogP contribution < -0.4 is 20.2 Å². The number of nitrogens with one attached hydrogen (secondary N) is 2. The Hall–Kier alpha value is -3.65. The van der Waals surface area contributed by atoms with Crippen LogP contribution in [0.3, 0.4) is 0 Å². The molecule has 3 rings (SSSR count). The molecule has 0 aromatic heterocycles. The summed E-state index contributed by atoms with van der Waals surface area (Å²) in [7, 11) is 1.54. The fourth-order valence-electron chi connectivity index (χ4n) is 2.91. The van der Waals surface area contributed by atoms with Gasteiger partial charge in [-0.15, -0.1) is 0 Å². The first-order chi connectivity index (χ1) is 15.9. The molecule has 0 atom stereocenters. The Kier molecular flexibility index (Phi) is 8.21. The second-order valence-electron chi connectivity index (χ2n) is 7.26. The summed E-state index contributed by atoms with van der Waals surface area (Å²) in [5.74, 6) is -0.631. The van der Waals surface area contributed by atoms with Crippen molar-refractivity contribution < 1.29 is 19.1 Å². The number of nitrogens with zero attached hydrogens (tertiary/aromatic N) is 1.